The maximum absolute atomic E-state index is 12.4. The Morgan fingerprint density at radius 2 is 1.68 bits per heavy atom. The molecule has 0 aliphatic rings. The molecule has 0 amide bonds. The SMILES string of the molecule is N#Cc1ccncc1-c1ccc(NS(=O)(=O)c2ccc(Cl)cc2)cc1. The fraction of sp³-hybridized carbons (Fsp3) is 0. The number of nitriles is 1. The minimum absolute atomic E-state index is 0.125. The quantitative estimate of drug-likeness (QED) is 0.751. The Morgan fingerprint density at radius 1 is 1.00 bits per heavy atom. The molecule has 3 rings (SSSR count). The zero-order chi connectivity index (χ0) is 17.9. The van der Waals surface area contributed by atoms with E-state index in [1.54, 1.807) is 42.7 Å². The Morgan fingerprint density at radius 3 is 2.32 bits per heavy atom. The fourth-order valence-corrected chi connectivity index (χ4v) is 3.45. The van der Waals surface area contributed by atoms with E-state index in [2.05, 4.69) is 15.8 Å². The molecule has 2 aromatic carbocycles. The summed E-state index contributed by atoms with van der Waals surface area (Å²) in [7, 11) is -3.69. The van der Waals surface area contributed by atoms with Crippen molar-refractivity contribution in [3.8, 4) is 17.2 Å². The van der Waals surface area contributed by atoms with E-state index in [1.165, 1.54) is 24.3 Å². The summed E-state index contributed by atoms with van der Waals surface area (Å²) in [6.45, 7) is 0. The first-order valence-electron chi connectivity index (χ1n) is 7.22. The molecule has 5 nitrogen and oxygen atoms in total. The third kappa shape index (κ3) is 3.79. The molecule has 124 valence electrons. The Hall–Kier alpha value is -2.88. The number of anilines is 1. The molecule has 0 spiro atoms. The largest absolute Gasteiger partial charge is 0.280 e. The lowest BCUT2D eigenvalue weighted by molar-refractivity contribution is 0.601. The van der Waals surface area contributed by atoms with Gasteiger partial charge in [-0.15, -0.1) is 0 Å². The molecule has 3 aromatic rings. The van der Waals surface area contributed by atoms with Crippen LogP contribution in [0.4, 0.5) is 5.69 Å². The molecule has 0 saturated heterocycles. The number of benzene rings is 2. The lowest BCUT2D eigenvalue weighted by Gasteiger charge is -2.09. The number of sulfonamides is 1. The fourth-order valence-electron chi connectivity index (χ4n) is 2.27. The van der Waals surface area contributed by atoms with Gasteiger partial charge in [0.2, 0.25) is 0 Å². The highest BCUT2D eigenvalue weighted by atomic mass is 35.5. The number of pyridine rings is 1. The molecular formula is C18H12ClN3O2S. The van der Waals surface area contributed by atoms with Crippen molar-refractivity contribution >= 4 is 27.3 Å². The van der Waals surface area contributed by atoms with Crippen LogP contribution in [-0.2, 0) is 10.0 Å². The number of hydrogen-bond acceptors (Lipinski definition) is 4. The van der Waals surface area contributed by atoms with Crippen molar-refractivity contribution in [2.75, 3.05) is 4.72 Å². The molecular weight excluding hydrogens is 358 g/mol. The van der Waals surface area contributed by atoms with Gasteiger partial charge >= 0.3 is 0 Å². The third-order valence-electron chi connectivity index (χ3n) is 3.51. The zero-order valence-corrected chi connectivity index (χ0v) is 14.4. The molecule has 1 N–H and O–H groups in total. The Bertz CT molecular complexity index is 1040. The average Bonchev–Trinajstić information content (AvgIpc) is 2.62. The van der Waals surface area contributed by atoms with Crippen LogP contribution in [0.3, 0.4) is 0 Å². The van der Waals surface area contributed by atoms with Crippen LogP contribution >= 0.6 is 11.6 Å². The van der Waals surface area contributed by atoms with Crippen molar-refractivity contribution in [1.82, 2.24) is 4.98 Å². The van der Waals surface area contributed by atoms with Gasteiger partial charge in [-0.05, 0) is 48.0 Å². The minimum atomic E-state index is -3.69. The van der Waals surface area contributed by atoms with E-state index in [9.17, 15) is 8.42 Å². The lowest BCUT2D eigenvalue weighted by atomic mass is 10.0. The van der Waals surface area contributed by atoms with E-state index < -0.39 is 10.0 Å². The number of halogens is 1. The topological polar surface area (TPSA) is 82.8 Å². The first-order chi connectivity index (χ1) is 12.0. The van der Waals surface area contributed by atoms with Crippen LogP contribution in [0, 0.1) is 11.3 Å². The molecule has 1 aromatic heterocycles. The van der Waals surface area contributed by atoms with Crippen molar-refractivity contribution in [3.05, 3.63) is 77.6 Å². The van der Waals surface area contributed by atoms with Crippen LogP contribution in [0.1, 0.15) is 5.56 Å². The smallest absolute Gasteiger partial charge is 0.261 e. The predicted molar refractivity (Wildman–Crippen MR) is 96.6 cm³/mol. The van der Waals surface area contributed by atoms with Gasteiger partial charge in [0.15, 0.2) is 0 Å². The number of rotatable bonds is 4. The monoisotopic (exact) mass is 369 g/mol. The van der Waals surface area contributed by atoms with Crippen molar-refractivity contribution in [2.24, 2.45) is 0 Å². The first kappa shape index (κ1) is 17.0. The van der Waals surface area contributed by atoms with Crippen molar-refractivity contribution in [2.45, 2.75) is 4.90 Å². The van der Waals surface area contributed by atoms with Gasteiger partial charge in [-0.2, -0.15) is 5.26 Å². The minimum Gasteiger partial charge on any atom is -0.280 e. The van der Waals surface area contributed by atoms with E-state index in [1.807, 2.05) is 0 Å². The summed E-state index contributed by atoms with van der Waals surface area (Å²) in [4.78, 5) is 4.15. The Kier molecular flexibility index (Phi) is 4.70. The summed E-state index contributed by atoms with van der Waals surface area (Å²) < 4.78 is 27.2. The van der Waals surface area contributed by atoms with Gasteiger partial charge in [0.05, 0.1) is 16.5 Å². The molecule has 0 bridgehead atoms. The highest BCUT2D eigenvalue weighted by molar-refractivity contribution is 7.92. The number of aromatic nitrogens is 1. The second-order valence-corrected chi connectivity index (χ2v) is 7.29. The van der Waals surface area contributed by atoms with E-state index in [0.717, 1.165) is 5.56 Å². The first-order valence-corrected chi connectivity index (χ1v) is 9.09. The molecule has 0 fully saturated rings. The second-order valence-electron chi connectivity index (χ2n) is 5.17. The van der Waals surface area contributed by atoms with Crippen LogP contribution in [0.5, 0.6) is 0 Å². The molecule has 0 saturated carbocycles. The maximum Gasteiger partial charge on any atom is 0.261 e. The summed E-state index contributed by atoms with van der Waals surface area (Å²) >= 11 is 5.78. The van der Waals surface area contributed by atoms with E-state index in [4.69, 9.17) is 16.9 Å². The van der Waals surface area contributed by atoms with Gasteiger partial charge in [-0.3, -0.25) is 9.71 Å². The molecule has 1 heterocycles. The normalized spacial score (nSPS) is 10.9. The lowest BCUT2D eigenvalue weighted by Crippen LogP contribution is -2.12. The van der Waals surface area contributed by atoms with Gasteiger partial charge in [0.25, 0.3) is 10.0 Å². The second kappa shape index (κ2) is 6.93. The number of nitrogens with one attached hydrogen (secondary N) is 1. The van der Waals surface area contributed by atoms with Crippen LogP contribution in [0.15, 0.2) is 71.9 Å². The van der Waals surface area contributed by atoms with E-state index >= 15 is 0 Å². The third-order valence-corrected chi connectivity index (χ3v) is 5.16. The summed E-state index contributed by atoms with van der Waals surface area (Å²) in [5.74, 6) is 0. The van der Waals surface area contributed by atoms with Crippen LogP contribution in [0.2, 0.25) is 5.02 Å². The molecule has 7 heteroatoms. The highest BCUT2D eigenvalue weighted by Gasteiger charge is 2.14. The van der Waals surface area contributed by atoms with Crippen LogP contribution in [-0.4, -0.2) is 13.4 Å². The summed E-state index contributed by atoms with van der Waals surface area (Å²) in [6.07, 6.45) is 3.15. The Balaban J connectivity index is 1.86. The standard InChI is InChI=1S/C18H12ClN3O2S/c19-15-3-7-17(8-4-15)25(23,24)22-16-5-1-13(2-6-16)18-12-21-10-9-14(18)11-20/h1-10,12,22H. The van der Waals surface area contributed by atoms with Gasteiger partial charge < -0.3 is 0 Å². The van der Waals surface area contributed by atoms with Crippen molar-refractivity contribution in [1.29, 1.82) is 5.26 Å². The zero-order valence-electron chi connectivity index (χ0n) is 12.8. The summed E-state index contributed by atoms with van der Waals surface area (Å²) in [6, 6.07) is 16.4. The molecule has 0 aliphatic carbocycles. The van der Waals surface area contributed by atoms with Gasteiger partial charge in [-0.1, -0.05) is 23.7 Å². The van der Waals surface area contributed by atoms with Gasteiger partial charge in [-0.25, -0.2) is 8.42 Å². The van der Waals surface area contributed by atoms with Crippen molar-refractivity contribution in [3.63, 3.8) is 0 Å². The van der Waals surface area contributed by atoms with E-state index in [-0.39, 0.29) is 4.90 Å². The van der Waals surface area contributed by atoms with Crippen molar-refractivity contribution < 1.29 is 8.42 Å². The van der Waals surface area contributed by atoms with Crippen LogP contribution in [0.25, 0.3) is 11.1 Å². The molecule has 0 atom stereocenters. The summed E-state index contributed by atoms with van der Waals surface area (Å²) in [5, 5.41) is 9.62. The number of hydrogen-bond donors (Lipinski definition) is 1. The Labute approximate surface area is 150 Å². The van der Waals surface area contributed by atoms with Gasteiger partial charge in [0, 0.05) is 28.7 Å². The molecule has 0 aliphatic heterocycles. The highest BCUT2D eigenvalue weighted by Crippen LogP contribution is 2.25. The average molecular weight is 370 g/mol. The van der Waals surface area contributed by atoms with E-state index in [0.29, 0.717) is 21.8 Å². The molecule has 25 heavy (non-hydrogen) atoms. The molecule has 0 unspecified atom stereocenters. The molecule has 0 radical (unpaired) electrons. The predicted octanol–water partition coefficient (Wildman–Crippen LogP) is 4.07. The van der Waals surface area contributed by atoms with Crippen LogP contribution < -0.4 is 4.72 Å². The number of nitrogens with zero attached hydrogens (tertiary/aromatic N) is 2. The summed E-state index contributed by atoms with van der Waals surface area (Å²) in [5.41, 5.74) is 2.39. The van der Waals surface area contributed by atoms with Gasteiger partial charge in [0.1, 0.15) is 0 Å². The maximum atomic E-state index is 12.4.